The molecule has 2 rings (SSSR count). The lowest BCUT2D eigenvalue weighted by Crippen LogP contribution is -2.50. The van der Waals surface area contributed by atoms with Gasteiger partial charge in [0.25, 0.3) is 0 Å². The van der Waals surface area contributed by atoms with Crippen molar-refractivity contribution in [3.05, 3.63) is 29.8 Å². The zero-order valence-electron chi connectivity index (χ0n) is 18.6. The molecule has 1 aliphatic heterocycles. The van der Waals surface area contributed by atoms with Gasteiger partial charge in [0.05, 0.1) is 4.90 Å². The van der Waals surface area contributed by atoms with Crippen LogP contribution in [0.15, 0.2) is 34.2 Å². The molecule has 0 bridgehead atoms. The maximum absolute atomic E-state index is 12.5. The minimum Gasteiger partial charge on any atom is -0.356 e. The quantitative estimate of drug-likeness (QED) is 0.482. The van der Waals surface area contributed by atoms with E-state index in [0.29, 0.717) is 23.4 Å². The number of likely N-dealkylation sites (tertiary alicyclic amines) is 1. The van der Waals surface area contributed by atoms with Crippen LogP contribution in [-0.4, -0.2) is 64.2 Å². The molecular weight excluding hydrogens is 400 g/mol. The number of amides is 1. The molecule has 0 spiro atoms. The molecule has 0 aromatic heterocycles. The molecule has 30 heavy (non-hydrogen) atoms. The molecule has 8 heteroatoms. The lowest BCUT2D eigenvalue weighted by atomic mass is 9.98. The molecule has 0 aliphatic carbocycles. The van der Waals surface area contributed by atoms with Gasteiger partial charge in [-0.05, 0) is 49.8 Å². The van der Waals surface area contributed by atoms with Crippen molar-refractivity contribution >= 4 is 21.7 Å². The monoisotopic (exact) mass is 436 g/mol. The first-order chi connectivity index (χ1) is 14.3. The minimum atomic E-state index is -3.16. The Hall–Kier alpha value is -2.09. The van der Waals surface area contributed by atoms with Gasteiger partial charge >= 0.3 is 0 Å². The number of nitrogens with one attached hydrogen (secondary N) is 2. The third-order valence-electron chi connectivity index (χ3n) is 5.76. The Morgan fingerprint density at radius 3 is 2.27 bits per heavy atom. The molecule has 7 nitrogen and oxygen atoms in total. The summed E-state index contributed by atoms with van der Waals surface area (Å²) in [6.07, 6.45) is 5.62. The number of piperidine rings is 1. The number of nitrogens with zero attached hydrogens (tertiary/aromatic N) is 2. The molecule has 0 saturated carbocycles. The average molecular weight is 437 g/mol. The highest BCUT2D eigenvalue weighted by molar-refractivity contribution is 7.90. The van der Waals surface area contributed by atoms with Crippen LogP contribution in [0.25, 0.3) is 0 Å². The van der Waals surface area contributed by atoms with Crippen molar-refractivity contribution in [2.24, 2.45) is 10.9 Å². The summed E-state index contributed by atoms with van der Waals surface area (Å²) in [5.74, 6) is 1.20. The zero-order valence-corrected chi connectivity index (χ0v) is 19.5. The maximum atomic E-state index is 12.5. The molecule has 1 amide bonds. The number of aliphatic imine (C=N–C) groups is 1. The van der Waals surface area contributed by atoms with Crippen LogP contribution in [0.1, 0.15) is 45.1 Å². The lowest BCUT2D eigenvalue weighted by molar-refractivity contribution is -0.136. The Morgan fingerprint density at radius 1 is 1.17 bits per heavy atom. The minimum absolute atomic E-state index is 0.149. The second kappa shape index (κ2) is 11.3. The predicted octanol–water partition coefficient (Wildman–Crippen LogP) is 2.22. The zero-order chi connectivity index (χ0) is 22.1. The number of carbonyl (C=O) groups is 1. The average Bonchev–Trinajstić information content (AvgIpc) is 2.74. The van der Waals surface area contributed by atoms with Crippen molar-refractivity contribution in [3.63, 3.8) is 0 Å². The highest BCUT2D eigenvalue weighted by atomic mass is 32.2. The topological polar surface area (TPSA) is 90.9 Å². The summed E-state index contributed by atoms with van der Waals surface area (Å²) in [6.45, 7) is 6.43. The van der Waals surface area contributed by atoms with Gasteiger partial charge in [0.1, 0.15) is 0 Å². The third kappa shape index (κ3) is 7.00. The summed E-state index contributed by atoms with van der Waals surface area (Å²) >= 11 is 0. The largest absolute Gasteiger partial charge is 0.356 e. The fraction of sp³-hybridized carbons (Fsp3) is 0.636. The van der Waals surface area contributed by atoms with Crippen LogP contribution in [0.3, 0.4) is 0 Å². The molecule has 1 aromatic carbocycles. The van der Waals surface area contributed by atoms with Gasteiger partial charge in [-0.1, -0.05) is 26.0 Å². The molecule has 1 aliphatic rings. The molecule has 0 unspecified atom stereocenters. The Morgan fingerprint density at radius 2 is 1.77 bits per heavy atom. The Bertz CT molecular complexity index is 809. The molecule has 168 valence electrons. The number of hydrogen-bond acceptors (Lipinski definition) is 4. The van der Waals surface area contributed by atoms with Crippen LogP contribution in [-0.2, 0) is 21.1 Å². The number of benzene rings is 1. The van der Waals surface area contributed by atoms with E-state index in [1.165, 1.54) is 6.26 Å². The fourth-order valence-corrected chi connectivity index (χ4v) is 4.39. The summed E-state index contributed by atoms with van der Waals surface area (Å²) in [7, 11) is -1.41. The van der Waals surface area contributed by atoms with E-state index in [1.807, 2.05) is 17.0 Å². The number of carbonyl (C=O) groups excluding carboxylic acids is 1. The number of hydrogen-bond donors (Lipinski definition) is 2. The number of guanidine groups is 1. The van der Waals surface area contributed by atoms with Crippen molar-refractivity contribution in [2.45, 2.75) is 56.9 Å². The number of sulfone groups is 1. The van der Waals surface area contributed by atoms with Gasteiger partial charge in [-0.25, -0.2) is 8.42 Å². The van der Waals surface area contributed by atoms with Crippen LogP contribution in [0.4, 0.5) is 0 Å². The molecule has 2 N–H and O–H groups in total. The molecule has 1 fully saturated rings. The molecule has 1 heterocycles. The van der Waals surface area contributed by atoms with Crippen molar-refractivity contribution in [3.8, 4) is 0 Å². The molecule has 1 aromatic rings. The Labute approximate surface area is 181 Å². The summed E-state index contributed by atoms with van der Waals surface area (Å²) < 4.78 is 23.1. The van der Waals surface area contributed by atoms with Crippen molar-refractivity contribution < 1.29 is 13.2 Å². The smallest absolute Gasteiger partial charge is 0.225 e. The standard InChI is InChI=1S/C22H36N4O3S/c1-5-18(6-2)21(27)26-15-12-19(13-16-26)25-22(23-3)24-14-11-17-7-9-20(10-8-17)30(4,28)29/h7-10,18-19H,5-6,11-16H2,1-4H3,(H2,23,24,25). The highest BCUT2D eigenvalue weighted by Crippen LogP contribution is 2.17. The van der Waals surface area contributed by atoms with E-state index >= 15 is 0 Å². The van der Waals surface area contributed by atoms with Crippen molar-refractivity contribution in [2.75, 3.05) is 32.9 Å². The van der Waals surface area contributed by atoms with Crippen LogP contribution >= 0.6 is 0 Å². The van der Waals surface area contributed by atoms with E-state index in [2.05, 4.69) is 29.5 Å². The van der Waals surface area contributed by atoms with Crippen LogP contribution in [0, 0.1) is 5.92 Å². The highest BCUT2D eigenvalue weighted by Gasteiger charge is 2.26. The summed E-state index contributed by atoms with van der Waals surface area (Å²) in [4.78, 5) is 19.2. The number of rotatable bonds is 8. The SMILES string of the molecule is CCC(CC)C(=O)N1CCC(NC(=NC)NCCc2ccc(S(C)(=O)=O)cc2)CC1. The maximum Gasteiger partial charge on any atom is 0.225 e. The van der Waals surface area contributed by atoms with Crippen LogP contribution in [0.5, 0.6) is 0 Å². The summed E-state index contributed by atoms with van der Waals surface area (Å²) in [6, 6.07) is 7.29. The molecule has 0 atom stereocenters. The molecule has 0 radical (unpaired) electrons. The van der Waals surface area contributed by atoms with Gasteiger partial charge in [-0.15, -0.1) is 0 Å². The van der Waals surface area contributed by atoms with E-state index in [9.17, 15) is 13.2 Å². The lowest BCUT2D eigenvalue weighted by Gasteiger charge is -2.34. The van der Waals surface area contributed by atoms with E-state index in [1.54, 1.807) is 19.2 Å². The first-order valence-corrected chi connectivity index (χ1v) is 12.7. The van der Waals surface area contributed by atoms with Gasteiger partial charge in [0, 0.05) is 44.9 Å². The van der Waals surface area contributed by atoms with E-state index < -0.39 is 9.84 Å². The van der Waals surface area contributed by atoms with Crippen LogP contribution in [0.2, 0.25) is 0 Å². The Kier molecular flexibility index (Phi) is 9.14. The van der Waals surface area contributed by atoms with Gasteiger partial charge in [0.15, 0.2) is 15.8 Å². The summed E-state index contributed by atoms with van der Waals surface area (Å²) in [5.41, 5.74) is 1.07. The van der Waals surface area contributed by atoms with Gasteiger partial charge < -0.3 is 15.5 Å². The van der Waals surface area contributed by atoms with Crippen molar-refractivity contribution in [1.82, 2.24) is 15.5 Å². The Balaban J connectivity index is 1.76. The van der Waals surface area contributed by atoms with E-state index in [0.717, 1.165) is 56.7 Å². The van der Waals surface area contributed by atoms with E-state index in [-0.39, 0.29) is 5.92 Å². The first-order valence-electron chi connectivity index (χ1n) is 10.8. The molecular formula is C22H36N4O3S. The summed E-state index contributed by atoms with van der Waals surface area (Å²) in [5, 5.41) is 6.78. The fourth-order valence-electron chi connectivity index (χ4n) is 3.76. The predicted molar refractivity (Wildman–Crippen MR) is 121 cm³/mol. The van der Waals surface area contributed by atoms with Gasteiger partial charge in [-0.2, -0.15) is 0 Å². The van der Waals surface area contributed by atoms with Gasteiger partial charge in [-0.3, -0.25) is 9.79 Å². The second-order valence-electron chi connectivity index (χ2n) is 7.92. The van der Waals surface area contributed by atoms with Crippen molar-refractivity contribution in [1.29, 1.82) is 0 Å². The van der Waals surface area contributed by atoms with Crippen LogP contribution < -0.4 is 10.6 Å². The van der Waals surface area contributed by atoms with Gasteiger partial charge in [0.2, 0.25) is 5.91 Å². The first kappa shape index (κ1) is 24.2. The second-order valence-corrected chi connectivity index (χ2v) is 9.94. The normalized spacial score (nSPS) is 16.0. The third-order valence-corrected chi connectivity index (χ3v) is 6.89. The van der Waals surface area contributed by atoms with E-state index in [4.69, 9.17) is 0 Å². The molecule has 1 saturated heterocycles.